The number of fused-ring (bicyclic) bond motifs is 3. The van der Waals surface area contributed by atoms with Gasteiger partial charge in [-0.2, -0.15) is 0 Å². The highest BCUT2D eigenvalue weighted by Gasteiger charge is 2.33. The Balaban J connectivity index is 1.78. The first-order valence-electron chi connectivity index (χ1n) is 7.81. The lowest BCUT2D eigenvalue weighted by molar-refractivity contribution is 0.162. The normalized spacial score (nSPS) is 17.5. The van der Waals surface area contributed by atoms with Crippen molar-refractivity contribution in [3.63, 3.8) is 0 Å². The van der Waals surface area contributed by atoms with Gasteiger partial charge in [0.15, 0.2) is 5.82 Å². The predicted octanol–water partition coefficient (Wildman–Crippen LogP) is 1.04. The van der Waals surface area contributed by atoms with E-state index in [4.69, 9.17) is 0 Å². The predicted molar refractivity (Wildman–Crippen MR) is 88.7 cm³/mol. The molecule has 4 rings (SSSR count). The van der Waals surface area contributed by atoms with Crippen molar-refractivity contribution in [3.8, 4) is 0 Å². The molecule has 122 valence electrons. The molecule has 1 saturated carbocycles. The van der Waals surface area contributed by atoms with Crippen molar-refractivity contribution in [1.82, 2.24) is 24.5 Å². The van der Waals surface area contributed by atoms with E-state index >= 15 is 0 Å². The highest BCUT2D eigenvalue weighted by molar-refractivity contribution is 7.17. The minimum atomic E-state index is -0.208. The van der Waals surface area contributed by atoms with Crippen molar-refractivity contribution in [3.05, 3.63) is 27.6 Å². The molecular formula is C15H19N5O2S. The van der Waals surface area contributed by atoms with Crippen LogP contribution < -0.4 is 10.9 Å². The molecule has 0 amide bonds. The molecular weight excluding hydrogens is 314 g/mol. The second-order valence-corrected chi connectivity index (χ2v) is 7.17. The number of nitrogens with zero attached hydrogens (tertiary/aromatic N) is 4. The molecule has 23 heavy (non-hydrogen) atoms. The molecule has 3 heterocycles. The average molecular weight is 333 g/mol. The molecule has 0 aliphatic heterocycles. The molecule has 7 nitrogen and oxygen atoms in total. The molecule has 0 spiro atoms. The third kappa shape index (κ3) is 2.20. The average Bonchev–Trinajstić information content (AvgIpc) is 3.28. The topological polar surface area (TPSA) is 84.5 Å². The molecule has 0 bridgehead atoms. The molecule has 0 unspecified atom stereocenters. The van der Waals surface area contributed by atoms with Gasteiger partial charge in [-0.1, -0.05) is 12.8 Å². The fraction of sp³-hybridized carbons (Fsp3) is 0.533. The number of nitrogens with one attached hydrogen (secondary N) is 1. The fourth-order valence-corrected chi connectivity index (χ4v) is 4.33. The summed E-state index contributed by atoms with van der Waals surface area (Å²) in [6, 6.07) is 1.93. The summed E-state index contributed by atoms with van der Waals surface area (Å²) in [6.45, 7) is 0.654. The van der Waals surface area contributed by atoms with E-state index in [0.717, 1.165) is 37.0 Å². The van der Waals surface area contributed by atoms with Gasteiger partial charge in [-0.15, -0.1) is 21.5 Å². The summed E-state index contributed by atoms with van der Waals surface area (Å²) in [5, 5.41) is 23.6. The van der Waals surface area contributed by atoms with Crippen molar-refractivity contribution in [2.75, 3.05) is 6.61 Å². The van der Waals surface area contributed by atoms with Crippen LogP contribution in [0.25, 0.3) is 16.0 Å². The highest BCUT2D eigenvalue weighted by Crippen LogP contribution is 2.29. The van der Waals surface area contributed by atoms with Crippen LogP contribution in [-0.2, 0) is 13.6 Å². The summed E-state index contributed by atoms with van der Waals surface area (Å²) < 4.78 is 4.17. The maximum atomic E-state index is 12.3. The third-order valence-corrected chi connectivity index (χ3v) is 5.77. The molecule has 1 aliphatic carbocycles. The Morgan fingerprint density at radius 2 is 2.17 bits per heavy atom. The number of aliphatic hydroxyl groups is 1. The smallest absolute Gasteiger partial charge is 0.272 e. The van der Waals surface area contributed by atoms with Gasteiger partial charge >= 0.3 is 0 Å². The first-order chi connectivity index (χ1) is 11.2. The number of thiophene rings is 1. The maximum absolute atomic E-state index is 12.3. The zero-order chi connectivity index (χ0) is 16.0. The van der Waals surface area contributed by atoms with Crippen molar-refractivity contribution in [1.29, 1.82) is 0 Å². The van der Waals surface area contributed by atoms with E-state index in [9.17, 15) is 9.90 Å². The molecule has 1 fully saturated rings. The largest absolute Gasteiger partial charge is 0.394 e. The first-order valence-corrected chi connectivity index (χ1v) is 8.69. The van der Waals surface area contributed by atoms with Crippen LogP contribution >= 0.6 is 11.3 Å². The Morgan fingerprint density at radius 3 is 2.91 bits per heavy atom. The van der Waals surface area contributed by atoms with Crippen LogP contribution in [0.5, 0.6) is 0 Å². The van der Waals surface area contributed by atoms with Crippen LogP contribution in [0.15, 0.2) is 16.2 Å². The summed E-state index contributed by atoms with van der Waals surface area (Å²) in [5.74, 6) is 1.31. The number of aliphatic hydroxyl groups excluding tert-OH is 1. The molecule has 0 aromatic carbocycles. The van der Waals surface area contributed by atoms with Gasteiger partial charge in [0, 0.05) is 12.6 Å². The Labute approximate surface area is 136 Å². The van der Waals surface area contributed by atoms with Gasteiger partial charge < -0.3 is 10.4 Å². The molecule has 3 aromatic rings. The lowest BCUT2D eigenvalue weighted by Gasteiger charge is -2.27. The number of aryl methyl sites for hydroxylation is 1. The summed E-state index contributed by atoms with van der Waals surface area (Å²) >= 11 is 1.43. The minimum absolute atomic E-state index is 0.0444. The first kappa shape index (κ1) is 14.8. The molecule has 2 N–H and O–H groups in total. The van der Waals surface area contributed by atoms with Crippen LogP contribution in [0, 0.1) is 0 Å². The zero-order valence-electron chi connectivity index (χ0n) is 12.9. The number of hydrogen-bond donors (Lipinski definition) is 2. The number of aromatic nitrogens is 4. The van der Waals surface area contributed by atoms with Crippen molar-refractivity contribution >= 4 is 27.3 Å². The molecule has 8 heteroatoms. The SMILES string of the molecule is Cn1c(=O)c2sccc2n2c(CNC3(CO)CCCC3)nnc12. The van der Waals surface area contributed by atoms with Crippen LogP contribution in [0.1, 0.15) is 31.5 Å². The van der Waals surface area contributed by atoms with E-state index in [2.05, 4.69) is 15.5 Å². The lowest BCUT2D eigenvalue weighted by atomic mass is 9.99. The molecule has 0 radical (unpaired) electrons. The van der Waals surface area contributed by atoms with E-state index in [1.54, 1.807) is 7.05 Å². The van der Waals surface area contributed by atoms with Crippen LogP contribution in [0.4, 0.5) is 0 Å². The maximum Gasteiger partial charge on any atom is 0.272 e. The Hall–Kier alpha value is -1.77. The standard InChI is InChI=1S/C15H19N5O2S/c1-19-13(22)12-10(4-7-23-12)20-11(17-18-14(19)20)8-16-15(9-21)5-2-3-6-15/h4,7,16,21H,2-3,5-6,8-9H2,1H3. The third-order valence-electron chi connectivity index (χ3n) is 4.88. The summed E-state index contributed by atoms with van der Waals surface area (Å²) in [7, 11) is 1.72. The minimum Gasteiger partial charge on any atom is -0.394 e. The summed E-state index contributed by atoms with van der Waals surface area (Å²) in [6.07, 6.45) is 4.23. The number of hydrogen-bond acceptors (Lipinski definition) is 6. The number of rotatable bonds is 4. The monoisotopic (exact) mass is 333 g/mol. The Kier molecular flexibility index (Phi) is 3.47. The van der Waals surface area contributed by atoms with Crippen LogP contribution in [0.3, 0.4) is 0 Å². The van der Waals surface area contributed by atoms with E-state index in [1.807, 2.05) is 15.8 Å². The van der Waals surface area contributed by atoms with E-state index in [1.165, 1.54) is 15.9 Å². The highest BCUT2D eigenvalue weighted by atomic mass is 32.1. The summed E-state index contributed by atoms with van der Waals surface area (Å²) in [4.78, 5) is 12.3. The molecule has 3 aromatic heterocycles. The van der Waals surface area contributed by atoms with E-state index in [0.29, 0.717) is 17.0 Å². The van der Waals surface area contributed by atoms with Crippen LogP contribution in [-0.4, -0.2) is 36.4 Å². The van der Waals surface area contributed by atoms with Gasteiger partial charge in [0.25, 0.3) is 5.56 Å². The Bertz CT molecular complexity index is 919. The summed E-state index contributed by atoms with van der Waals surface area (Å²) in [5.41, 5.74) is 0.594. The quantitative estimate of drug-likeness (QED) is 0.745. The molecule has 0 atom stereocenters. The second-order valence-electron chi connectivity index (χ2n) is 6.25. The molecule has 0 saturated heterocycles. The zero-order valence-corrected chi connectivity index (χ0v) is 13.8. The van der Waals surface area contributed by atoms with Gasteiger partial charge in [-0.3, -0.25) is 13.8 Å². The fourth-order valence-electron chi connectivity index (χ4n) is 3.48. The van der Waals surface area contributed by atoms with Gasteiger partial charge in [-0.05, 0) is 24.3 Å². The lowest BCUT2D eigenvalue weighted by Crippen LogP contribution is -2.45. The van der Waals surface area contributed by atoms with Gasteiger partial charge in [-0.25, -0.2) is 0 Å². The van der Waals surface area contributed by atoms with E-state index in [-0.39, 0.29) is 17.7 Å². The van der Waals surface area contributed by atoms with Crippen molar-refractivity contribution < 1.29 is 5.11 Å². The second kappa shape index (κ2) is 5.40. The van der Waals surface area contributed by atoms with E-state index < -0.39 is 0 Å². The van der Waals surface area contributed by atoms with Gasteiger partial charge in [0.1, 0.15) is 4.70 Å². The van der Waals surface area contributed by atoms with Crippen molar-refractivity contribution in [2.24, 2.45) is 7.05 Å². The van der Waals surface area contributed by atoms with Gasteiger partial charge in [0.05, 0.1) is 18.7 Å². The van der Waals surface area contributed by atoms with Gasteiger partial charge in [0.2, 0.25) is 5.78 Å². The van der Waals surface area contributed by atoms with Crippen molar-refractivity contribution in [2.45, 2.75) is 37.8 Å². The Morgan fingerprint density at radius 1 is 1.39 bits per heavy atom. The molecule has 1 aliphatic rings. The van der Waals surface area contributed by atoms with Crippen LogP contribution in [0.2, 0.25) is 0 Å².